The minimum atomic E-state index is 0.420. The maximum atomic E-state index is 6.11. The normalized spacial score (nSPS) is 10.2. The zero-order valence-electron chi connectivity index (χ0n) is 12.9. The summed E-state index contributed by atoms with van der Waals surface area (Å²) in [6.45, 7) is 0.563. The van der Waals surface area contributed by atoms with Crippen LogP contribution in [0.3, 0.4) is 0 Å². The molecule has 122 valence electrons. The maximum Gasteiger partial charge on any atom is 0.244 e. The van der Waals surface area contributed by atoms with Gasteiger partial charge in [0.15, 0.2) is 5.82 Å². The van der Waals surface area contributed by atoms with E-state index in [-0.39, 0.29) is 0 Å². The van der Waals surface area contributed by atoms with E-state index in [0.29, 0.717) is 29.1 Å². The molecule has 0 fully saturated rings. The van der Waals surface area contributed by atoms with Crippen LogP contribution in [0.25, 0.3) is 0 Å². The monoisotopic (exact) mass is 342 g/mol. The number of ether oxygens (including phenoxy) is 1. The van der Waals surface area contributed by atoms with Crippen molar-refractivity contribution < 1.29 is 4.74 Å². The van der Waals surface area contributed by atoms with Crippen LogP contribution < -0.4 is 15.4 Å². The Morgan fingerprint density at radius 1 is 1.21 bits per heavy atom. The Kier molecular flexibility index (Phi) is 5.02. The van der Waals surface area contributed by atoms with Crippen molar-refractivity contribution in [3.63, 3.8) is 0 Å². The summed E-state index contributed by atoms with van der Waals surface area (Å²) in [5, 5.41) is 14.6. The summed E-state index contributed by atoms with van der Waals surface area (Å²) in [6.07, 6.45) is 5.04. The Hall–Kier alpha value is -2.93. The van der Waals surface area contributed by atoms with Gasteiger partial charge >= 0.3 is 0 Å². The molecule has 0 amide bonds. The number of nitrogens with zero attached hydrogens (tertiary/aromatic N) is 4. The van der Waals surface area contributed by atoms with E-state index in [1.54, 1.807) is 31.6 Å². The van der Waals surface area contributed by atoms with Gasteiger partial charge in [-0.15, -0.1) is 5.10 Å². The lowest BCUT2D eigenvalue weighted by Crippen LogP contribution is -2.06. The molecular weight excluding hydrogens is 328 g/mol. The Balaban J connectivity index is 1.67. The van der Waals surface area contributed by atoms with Crippen LogP contribution in [0.1, 0.15) is 5.56 Å². The van der Waals surface area contributed by atoms with Crippen molar-refractivity contribution in [3.05, 3.63) is 59.5 Å². The lowest BCUT2D eigenvalue weighted by molar-refractivity contribution is 0.415. The van der Waals surface area contributed by atoms with Crippen LogP contribution in [0.2, 0.25) is 5.02 Å². The number of nitrogens with one attached hydrogen (secondary N) is 2. The summed E-state index contributed by atoms with van der Waals surface area (Å²) in [7, 11) is 1.57. The minimum absolute atomic E-state index is 0.420. The van der Waals surface area contributed by atoms with Crippen molar-refractivity contribution in [1.29, 1.82) is 0 Å². The SMILES string of the molecule is COc1ccc(Nc2cnnc(NCc3cccnc3)n2)cc1Cl. The molecule has 0 unspecified atom stereocenters. The summed E-state index contributed by atoms with van der Waals surface area (Å²) in [5.41, 5.74) is 1.81. The van der Waals surface area contributed by atoms with Gasteiger partial charge in [-0.2, -0.15) is 10.1 Å². The van der Waals surface area contributed by atoms with E-state index >= 15 is 0 Å². The van der Waals surface area contributed by atoms with Crippen molar-refractivity contribution in [3.8, 4) is 5.75 Å². The van der Waals surface area contributed by atoms with Crippen LogP contribution >= 0.6 is 11.6 Å². The van der Waals surface area contributed by atoms with Crippen molar-refractivity contribution in [2.24, 2.45) is 0 Å². The Morgan fingerprint density at radius 3 is 2.88 bits per heavy atom. The Bertz CT molecular complexity index is 815. The molecule has 2 heterocycles. The molecule has 1 aromatic carbocycles. The Morgan fingerprint density at radius 2 is 2.12 bits per heavy atom. The predicted octanol–water partition coefficient (Wildman–Crippen LogP) is 3.28. The Labute approximate surface area is 144 Å². The average Bonchev–Trinajstić information content (AvgIpc) is 2.61. The number of aromatic nitrogens is 4. The van der Waals surface area contributed by atoms with Crippen LogP contribution in [0.5, 0.6) is 5.75 Å². The average molecular weight is 343 g/mol. The highest BCUT2D eigenvalue weighted by molar-refractivity contribution is 6.32. The third-order valence-corrected chi connectivity index (χ3v) is 3.45. The lowest BCUT2D eigenvalue weighted by atomic mass is 10.3. The van der Waals surface area contributed by atoms with Crippen LogP contribution in [0.4, 0.5) is 17.5 Å². The van der Waals surface area contributed by atoms with Crippen LogP contribution in [-0.2, 0) is 6.54 Å². The smallest absolute Gasteiger partial charge is 0.244 e. The van der Waals surface area contributed by atoms with Crippen molar-refractivity contribution in [2.45, 2.75) is 6.54 Å². The molecule has 2 N–H and O–H groups in total. The van der Waals surface area contributed by atoms with E-state index in [4.69, 9.17) is 16.3 Å². The fourth-order valence-electron chi connectivity index (χ4n) is 2.01. The number of anilines is 3. The van der Waals surface area contributed by atoms with Gasteiger partial charge in [0.2, 0.25) is 5.95 Å². The second kappa shape index (κ2) is 7.56. The molecule has 3 rings (SSSR count). The standard InChI is InChI=1S/C16H15ClN6O/c1-24-14-5-4-12(7-13(14)17)21-15-10-20-23-16(22-15)19-9-11-3-2-6-18-8-11/h2-8,10H,9H2,1H3,(H2,19,21,22,23). The number of pyridine rings is 1. The summed E-state index contributed by atoms with van der Waals surface area (Å²) in [5.74, 6) is 1.59. The lowest BCUT2D eigenvalue weighted by Gasteiger charge is -2.09. The van der Waals surface area contributed by atoms with Gasteiger partial charge in [-0.3, -0.25) is 4.98 Å². The topological polar surface area (TPSA) is 84.9 Å². The maximum absolute atomic E-state index is 6.11. The zero-order valence-corrected chi connectivity index (χ0v) is 13.7. The molecule has 3 aromatic rings. The van der Waals surface area contributed by atoms with E-state index in [2.05, 4.69) is 30.8 Å². The molecule has 24 heavy (non-hydrogen) atoms. The highest BCUT2D eigenvalue weighted by Crippen LogP contribution is 2.28. The number of rotatable bonds is 6. The molecular formula is C16H15ClN6O. The van der Waals surface area contributed by atoms with Crippen LogP contribution in [0, 0.1) is 0 Å². The first-order valence-corrected chi connectivity index (χ1v) is 7.55. The van der Waals surface area contributed by atoms with E-state index < -0.39 is 0 Å². The van der Waals surface area contributed by atoms with E-state index in [1.165, 1.54) is 6.20 Å². The molecule has 2 aromatic heterocycles. The molecule has 0 atom stereocenters. The third kappa shape index (κ3) is 4.08. The zero-order chi connectivity index (χ0) is 16.8. The van der Waals surface area contributed by atoms with Gasteiger partial charge in [-0.05, 0) is 29.8 Å². The van der Waals surface area contributed by atoms with Crippen molar-refractivity contribution in [2.75, 3.05) is 17.7 Å². The molecule has 0 radical (unpaired) electrons. The summed E-state index contributed by atoms with van der Waals surface area (Å²) >= 11 is 6.11. The molecule has 0 aliphatic heterocycles. The predicted molar refractivity (Wildman–Crippen MR) is 92.7 cm³/mol. The van der Waals surface area contributed by atoms with Gasteiger partial charge in [-0.1, -0.05) is 17.7 Å². The second-order valence-electron chi connectivity index (χ2n) is 4.85. The number of hydrogen-bond donors (Lipinski definition) is 2. The molecule has 0 saturated carbocycles. The summed E-state index contributed by atoms with van der Waals surface area (Å²) in [4.78, 5) is 8.43. The van der Waals surface area contributed by atoms with E-state index in [9.17, 15) is 0 Å². The van der Waals surface area contributed by atoms with Gasteiger partial charge in [0.05, 0.1) is 18.3 Å². The fourth-order valence-corrected chi connectivity index (χ4v) is 2.27. The van der Waals surface area contributed by atoms with Crippen LogP contribution in [-0.4, -0.2) is 27.3 Å². The van der Waals surface area contributed by atoms with Crippen molar-refractivity contribution in [1.82, 2.24) is 20.2 Å². The van der Waals surface area contributed by atoms with Gasteiger partial charge in [-0.25, -0.2) is 0 Å². The second-order valence-corrected chi connectivity index (χ2v) is 5.26. The van der Waals surface area contributed by atoms with Gasteiger partial charge in [0, 0.05) is 24.6 Å². The summed E-state index contributed by atoms with van der Waals surface area (Å²) in [6, 6.07) is 9.22. The molecule has 7 nitrogen and oxygen atoms in total. The van der Waals surface area contributed by atoms with Gasteiger partial charge < -0.3 is 15.4 Å². The number of halogens is 1. The molecule has 0 saturated heterocycles. The number of methoxy groups -OCH3 is 1. The first-order chi connectivity index (χ1) is 11.7. The first kappa shape index (κ1) is 15.9. The fraction of sp³-hybridized carbons (Fsp3) is 0.125. The van der Waals surface area contributed by atoms with Crippen molar-refractivity contribution >= 4 is 29.1 Å². The van der Waals surface area contributed by atoms with E-state index in [0.717, 1.165) is 11.3 Å². The molecule has 0 aliphatic rings. The number of benzene rings is 1. The molecule has 0 aliphatic carbocycles. The number of hydrogen-bond acceptors (Lipinski definition) is 7. The largest absolute Gasteiger partial charge is 0.495 e. The van der Waals surface area contributed by atoms with Crippen LogP contribution in [0.15, 0.2) is 48.9 Å². The van der Waals surface area contributed by atoms with E-state index in [1.807, 2.05) is 18.2 Å². The van der Waals surface area contributed by atoms with Gasteiger partial charge in [0.25, 0.3) is 0 Å². The highest BCUT2D eigenvalue weighted by Gasteiger charge is 2.05. The third-order valence-electron chi connectivity index (χ3n) is 3.16. The molecule has 8 heteroatoms. The molecule has 0 bridgehead atoms. The van der Waals surface area contributed by atoms with Gasteiger partial charge in [0.1, 0.15) is 5.75 Å². The quantitative estimate of drug-likeness (QED) is 0.711. The summed E-state index contributed by atoms with van der Waals surface area (Å²) < 4.78 is 5.13. The first-order valence-electron chi connectivity index (χ1n) is 7.17. The highest BCUT2D eigenvalue weighted by atomic mass is 35.5. The molecule has 0 spiro atoms. The minimum Gasteiger partial charge on any atom is -0.495 e.